The third-order valence-corrected chi connectivity index (χ3v) is 2.81. The van der Waals surface area contributed by atoms with Crippen LogP contribution in [-0.2, 0) is 9.59 Å². The number of nitrogens with zero attached hydrogens (tertiary/aromatic N) is 2. The number of nitrogens with one attached hydrogen (secondary N) is 1. The summed E-state index contributed by atoms with van der Waals surface area (Å²) < 4.78 is 0. The van der Waals surface area contributed by atoms with Crippen LogP contribution in [0.15, 0.2) is 5.38 Å². The van der Waals surface area contributed by atoms with Crippen LogP contribution < -0.4 is 11.1 Å². The molecule has 0 aromatic carbocycles. The number of anilines is 1. The number of carboxylic acid groups (broad SMARTS) is 1. The molecule has 1 heterocycles. The van der Waals surface area contributed by atoms with E-state index in [4.69, 9.17) is 10.8 Å². The minimum atomic E-state index is -1.13. The van der Waals surface area contributed by atoms with Gasteiger partial charge in [-0.1, -0.05) is 0 Å². The van der Waals surface area contributed by atoms with E-state index >= 15 is 0 Å². The van der Waals surface area contributed by atoms with Gasteiger partial charge < -0.3 is 21.1 Å². The molecular formula is C9H14N4O3S. The lowest BCUT2D eigenvalue weighted by Gasteiger charge is -2.09. The number of rotatable bonds is 5. The van der Waals surface area contributed by atoms with E-state index in [1.165, 1.54) is 16.2 Å². The Kier molecular flexibility index (Phi) is 4.41. The van der Waals surface area contributed by atoms with Gasteiger partial charge >= 0.3 is 5.97 Å². The Bertz CT molecular complexity index is 418. The number of aliphatic carboxylic acids is 1. The Balaban J connectivity index is 2.57. The van der Waals surface area contributed by atoms with Crippen LogP contribution in [0.5, 0.6) is 0 Å². The summed E-state index contributed by atoms with van der Waals surface area (Å²) in [6.07, 6.45) is 0. The van der Waals surface area contributed by atoms with Gasteiger partial charge in [-0.15, -0.1) is 11.3 Å². The molecule has 1 amide bonds. The van der Waals surface area contributed by atoms with Crippen molar-refractivity contribution in [3.8, 4) is 0 Å². The SMILES string of the molecule is CN(C)C(=O)CNc1nc(C(N)C(=O)O)cs1. The van der Waals surface area contributed by atoms with Crippen molar-refractivity contribution in [1.29, 1.82) is 0 Å². The summed E-state index contributed by atoms with van der Waals surface area (Å²) in [5, 5.41) is 13.5. The van der Waals surface area contributed by atoms with Crippen molar-refractivity contribution in [2.45, 2.75) is 6.04 Å². The van der Waals surface area contributed by atoms with Gasteiger partial charge in [0.25, 0.3) is 0 Å². The van der Waals surface area contributed by atoms with Crippen LogP contribution in [0.1, 0.15) is 11.7 Å². The van der Waals surface area contributed by atoms with Crippen molar-refractivity contribution < 1.29 is 14.7 Å². The van der Waals surface area contributed by atoms with Gasteiger partial charge in [-0.3, -0.25) is 9.59 Å². The van der Waals surface area contributed by atoms with E-state index in [9.17, 15) is 9.59 Å². The zero-order valence-electron chi connectivity index (χ0n) is 9.51. The molecule has 8 heteroatoms. The lowest BCUT2D eigenvalue weighted by atomic mass is 10.2. The third kappa shape index (κ3) is 3.68. The van der Waals surface area contributed by atoms with Gasteiger partial charge in [-0.05, 0) is 0 Å². The number of carbonyl (C=O) groups is 2. The molecular weight excluding hydrogens is 244 g/mol. The molecule has 1 unspecified atom stereocenters. The summed E-state index contributed by atoms with van der Waals surface area (Å²) in [4.78, 5) is 27.4. The summed E-state index contributed by atoms with van der Waals surface area (Å²) in [6.45, 7) is 0.113. The summed E-state index contributed by atoms with van der Waals surface area (Å²) >= 11 is 1.21. The molecule has 94 valence electrons. The van der Waals surface area contributed by atoms with Gasteiger partial charge in [0.2, 0.25) is 5.91 Å². The molecule has 1 aromatic heterocycles. The topological polar surface area (TPSA) is 109 Å². The fraction of sp³-hybridized carbons (Fsp3) is 0.444. The predicted octanol–water partition coefficient (Wildman–Crippen LogP) is -0.272. The van der Waals surface area contributed by atoms with Crippen molar-refractivity contribution in [3.63, 3.8) is 0 Å². The van der Waals surface area contributed by atoms with Crippen LogP contribution in [0, 0.1) is 0 Å². The van der Waals surface area contributed by atoms with Crippen LogP contribution in [0.3, 0.4) is 0 Å². The van der Waals surface area contributed by atoms with E-state index in [1.54, 1.807) is 19.5 Å². The Hall–Kier alpha value is -1.67. The highest BCUT2D eigenvalue weighted by atomic mass is 32.1. The highest BCUT2D eigenvalue weighted by molar-refractivity contribution is 7.13. The van der Waals surface area contributed by atoms with Crippen molar-refractivity contribution in [1.82, 2.24) is 9.88 Å². The van der Waals surface area contributed by atoms with E-state index in [2.05, 4.69) is 10.3 Å². The van der Waals surface area contributed by atoms with Gasteiger partial charge in [-0.25, -0.2) is 4.98 Å². The minimum absolute atomic E-state index is 0.0933. The maximum atomic E-state index is 11.3. The van der Waals surface area contributed by atoms with Gasteiger partial charge in [0, 0.05) is 19.5 Å². The molecule has 0 fully saturated rings. The number of aromatic nitrogens is 1. The molecule has 0 aliphatic heterocycles. The maximum Gasteiger partial charge on any atom is 0.326 e. The summed E-state index contributed by atoms with van der Waals surface area (Å²) in [5.41, 5.74) is 5.68. The molecule has 1 atom stereocenters. The summed E-state index contributed by atoms with van der Waals surface area (Å²) in [6, 6.07) is -1.13. The minimum Gasteiger partial charge on any atom is -0.480 e. The molecule has 1 rings (SSSR count). The van der Waals surface area contributed by atoms with Gasteiger partial charge in [0.05, 0.1) is 12.2 Å². The second kappa shape index (κ2) is 5.60. The van der Waals surface area contributed by atoms with Crippen molar-refractivity contribution in [2.75, 3.05) is 26.0 Å². The zero-order chi connectivity index (χ0) is 13.0. The van der Waals surface area contributed by atoms with E-state index in [0.717, 1.165) is 0 Å². The average molecular weight is 258 g/mol. The standard InChI is InChI=1S/C9H14N4O3S/c1-13(2)6(14)3-11-9-12-5(4-17-9)7(10)8(15)16/h4,7H,3,10H2,1-2H3,(H,11,12)(H,15,16). The summed E-state index contributed by atoms with van der Waals surface area (Å²) in [5.74, 6) is -1.23. The second-order valence-corrected chi connectivity index (χ2v) is 4.39. The van der Waals surface area contributed by atoms with Crippen molar-refractivity contribution in [3.05, 3.63) is 11.1 Å². The highest BCUT2D eigenvalue weighted by Crippen LogP contribution is 2.19. The number of carboxylic acids is 1. The van der Waals surface area contributed by atoms with Crippen LogP contribution in [0.4, 0.5) is 5.13 Å². The Morgan fingerprint density at radius 1 is 1.65 bits per heavy atom. The van der Waals surface area contributed by atoms with Crippen LogP contribution in [-0.4, -0.2) is 47.5 Å². The van der Waals surface area contributed by atoms with Gasteiger partial charge in [0.15, 0.2) is 5.13 Å². The second-order valence-electron chi connectivity index (χ2n) is 3.54. The summed E-state index contributed by atoms with van der Waals surface area (Å²) in [7, 11) is 3.30. The van der Waals surface area contributed by atoms with Crippen LogP contribution in [0.2, 0.25) is 0 Å². The monoisotopic (exact) mass is 258 g/mol. The van der Waals surface area contributed by atoms with Crippen LogP contribution in [0.25, 0.3) is 0 Å². The molecule has 1 aromatic rings. The van der Waals surface area contributed by atoms with Crippen LogP contribution >= 0.6 is 11.3 Å². The molecule has 17 heavy (non-hydrogen) atoms. The smallest absolute Gasteiger partial charge is 0.326 e. The van der Waals surface area contributed by atoms with Gasteiger partial charge in [-0.2, -0.15) is 0 Å². The number of carbonyl (C=O) groups excluding carboxylic acids is 1. The first-order chi connectivity index (χ1) is 7.91. The third-order valence-electron chi connectivity index (χ3n) is 2.00. The zero-order valence-corrected chi connectivity index (χ0v) is 10.3. The van der Waals surface area contributed by atoms with E-state index in [-0.39, 0.29) is 18.1 Å². The first-order valence-electron chi connectivity index (χ1n) is 4.79. The fourth-order valence-corrected chi connectivity index (χ4v) is 1.69. The number of nitrogens with two attached hydrogens (primary N) is 1. The molecule has 0 aliphatic rings. The van der Waals surface area contributed by atoms with Crippen molar-refractivity contribution >= 4 is 28.3 Å². The Morgan fingerprint density at radius 2 is 2.29 bits per heavy atom. The first kappa shape index (κ1) is 13.4. The predicted molar refractivity (Wildman–Crippen MR) is 63.9 cm³/mol. The lowest BCUT2D eigenvalue weighted by molar-refractivity contribution is -0.138. The average Bonchev–Trinajstić information content (AvgIpc) is 2.72. The number of hydrogen-bond acceptors (Lipinski definition) is 6. The molecule has 0 spiro atoms. The number of amides is 1. The van der Waals surface area contributed by atoms with E-state index in [0.29, 0.717) is 5.13 Å². The molecule has 0 saturated carbocycles. The Morgan fingerprint density at radius 3 is 2.82 bits per heavy atom. The lowest BCUT2D eigenvalue weighted by Crippen LogP contribution is -2.28. The fourth-order valence-electron chi connectivity index (χ4n) is 0.946. The molecule has 0 saturated heterocycles. The largest absolute Gasteiger partial charge is 0.480 e. The number of thiazole rings is 1. The molecule has 7 nitrogen and oxygen atoms in total. The number of hydrogen-bond donors (Lipinski definition) is 3. The normalized spacial score (nSPS) is 11.9. The number of likely N-dealkylation sites (N-methyl/N-ethyl adjacent to an activating group) is 1. The van der Waals surface area contributed by atoms with Crippen molar-refractivity contribution in [2.24, 2.45) is 5.73 Å². The highest BCUT2D eigenvalue weighted by Gasteiger charge is 2.17. The molecule has 0 radical (unpaired) electrons. The Labute approximate surface area is 102 Å². The molecule has 0 aliphatic carbocycles. The first-order valence-corrected chi connectivity index (χ1v) is 5.67. The van der Waals surface area contributed by atoms with Gasteiger partial charge in [0.1, 0.15) is 6.04 Å². The quantitative estimate of drug-likeness (QED) is 0.670. The van der Waals surface area contributed by atoms with E-state index < -0.39 is 12.0 Å². The maximum absolute atomic E-state index is 11.3. The molecule has 0 bridgehead atoms. The van der Waals surface area contributed by atoms with E-state index in [1.807, 2.05) is 0 Å². The molecule has 4 N–H and O–H groups in total.